The van der Waals surface area contributed by atoms with Crippen LogP contribution >= 0.6 is 11.3 Å². The first-order chi connectivity index (χ1) is 14.8. The van der Waals surface area contributed by atoms with Gasteiger partial charge in [0.15, 0.2) is 0 Å². The van der Waals surface area contributed by atoms with Crippen LogP contribution in [0, 0.1) is 20.8 Å². The van der Waals surface area contributed by atoms with Crippen LogP contribution < -0.4 is 9.64 Å². The lowest BCUT2D eigenvalue weighted by molar-refractivity contribution is -0.132. The molecule has 0 bridgehead atoms. The molecule has 1 fully saturated rings. The first-order valence-corrected chi connectivity index (χ1v) is 10.5. The van der Waals surface area contributed by atoms with Crippen molar-refractivity contribution in [2.45, 2.75) is 26.8 Å². The third-order valence-corrected chi connectivity index (χ3v) is 6.08. The van der Waals surface area contributed by atoms with Gasteiger partial charge in [-0.3, -0.25) is 14.5 Å². The smallest absolute Gasteiger partial charge is 0.301 e. The standard InChI is InChI=1S/C23H21N3O4S/c1-12-5-6-13(2)17(11-12)20(27)18-19(15-7-9-16(30-4)10-8-15)26(22(29)21(18)28)23-25-24-14(3)31-23/h5-11,19,27H,1-4H3/b20-18+. The molecule has 2 aromatic carbocycles. The second-order valence-corrected chi connectivity index (χ2v) is 8.52. The molecule has 1 aliphatic heterocycles. The summed E-state index contributed by atoms with van der Waals surface area (Å²) in [6, 6.07) is 11.8. The van der Waals surface area contributed by atoms with E-state index in [1.54, 1.807) is 44.4 Å². The fraction of sp³-hybridized carbons (Fsp3) is 0.217. The van der Waals surface area contributed by atoms with E-state index in [4.69, 9.17) is 4.74 Å². The molecule has 1 N–H and O–H groups in total. The van der Waals surface area contributed by atoms with Crippen molar-refractivity contribution in [2.24, 2.45) is 0 Å². The van der Waals surface area contributed by atoms with Crippen molar-refractivity contribution < 1.29 is 19.4 Å². The van der Waals surface area contributed by atoms with Gasteiger partial charge in [-0.2, -0.15) is 0 Å². The molecule has 31 heavy (non-hydrogen) atoms. The van der Waals surface area contributed by atoms with Gasteiger partial charge in [-0.05, 0) is 50.1 Å². The van der Waals surface area contributed by atoms with Crippen molar-refractivity contribution in [2.75, 3.05) is 12.0 Å². The summed E-state index contributed by atoms with van der Waals surface area (Å²) in [7, 11) is 1.56. The highest BCUT2D eigenvalue weighted by Crippen LogP contribution is 2.43. The third kappa shape index (κ3) is 3.59. The average molecular weight is 436 g/mol. The van der Waals surface area contributed by atoms with Crippen molar-refractivity contribution in [3.05, 3.63) is 75.3 Å². The summed E-state index contributed by atoms with van der Waals surface area (Å²) in [6.07, 6.45) is 0. The average Bonchev–Trinajstić information content (AvgIpc) is 3.30. The van der Waals surface area contributed by atoms with E-state index in [-0.39, 0.29) is 11.3 Å². The van der Waals surface area contributed by atoms with Gasteiger partial charge in [-0.15, -0.1) is 10.2 Å². The van der Waals surface area contributed by atoms with Gasteiger partial charge < -0.3 is 9.84 Å². The van der Waals surface area contributed by atoms with Gasteiger partial charge >= 0.3 is 5.91 Å². The van der Waals surface area contributed by atoms with E-state index in [2.05, 4.69) is 10.2 Å². The fourth-order valence-electron chi connectivity index (χ4n) is 3.65. The number of Topliss-reactive ketones (excluding diaryl/α,β-unsaturated/α-hetero) is 1. The largest absolute Gasteiger partial charge is 0.507 e. The summed E-state index contributed by atoms with van der Waals surface area (Å²) in [6.45, 7) is 5.52. The molecular formula is C23H21N3O4S. The van der Waals surface area contributed by atoms with Gasteiger partial charge in [0, 0.05) is 5.56 Å². The maximum absolute atomic E-state index is 13.1. The Morgan fingerprint density at radius 1 is 1.06 bits per heavy atom. The predicted molar refractivity (Wildman–Crippen MR) is 118 cm³/mol. The molecule has 1 atom stereocenters. The van der Waals surface area contributed by atoms with E-state index < -0.39 is 17.7 Å². The quantitative estimate of drug-likeness (QED) is 0.377. The molecule has 0 saturated carbocycles. The Bertz CT molecular complexity index is 1210. The highest BCUT2D eigenvalue weighted by atomic mass is 32.1. The van der Waals surface area contributed by atoms with Crippen LogP contribution in [0.2, 0.25) is 0 Å². The number of carbonyl (C=O) groups is 2. The number of aromatic nitrogens is 2. The molecule has 1 saturated heterocycles. The number of methoxy groups -OCH3 is 1. The van der Waals surface area contributed by atoms with Crippen LogP contribution in [0.5, 0.6) is 5.75 Å². The van der Waals surface area contributed by atoms with Gasteiger partial charge in [0.05, 0.1) is 18.7 Å². The maximum atomic E-state index is 13.1. The number of carbonyl (C=O) groups excluding carboxylic acids is 2. The minimum Gasteiger partial charge on any atom is -0.507 e. The lowest BCUT2D eigenvalue weighted by atomic mass is 9.93. The molecule has 1 aliphatic rings. The molecule has 0 aliphatic carbocycles. The van der Waals surface area contributed by atoms with E-state index in [1.807, 2.05) is 26.0 Å². The highest BCUT2D eigenvalue weighted by Gasteiger charge is 2.48. The number of aryl methyl sites for hydroxylation is 3. The van der Waals surface area contributed by atoms with Crippen molar-refractivity contribution >= 4 is 33.9 Å². The summed E-state index contributed by atoms with van der Waals surface area (Å²) in [5, 5.41) is 20.3. The Kier molecular flexibility index (Phi) is 5.32. The van der Waals surface area contributed by atoms with Crippen LogP contribution in [0.3, 0.4) is 0 Å². The molecular weight excluding hydrogens is 414 g/mol. The Balaban J connectivity index is 1.96. The van der Waals surface area contributed by atoms with Gasteiger partial charge in [-0.25, -0.2) is 0 Å². The Morgan fingerprint density at radius 3 is 2.39 bits per heavy atom. The third-order valence-electron chi connectivity index (χ3n) is 5.25. The maximum Gasteiger partial charge on any atom is 0.301 e. The summed E-state index contributed by atoms with van der Waals surface area (Å²) in [4.78, 5) is 27.5. The van der Waals surface area contributed by atoms with E-state index in [0.29, 0.717) is 27.0 Å². The van der Waals surface area contributed by atoms with E-state index in [9.17, 15) is 14.7 Å². The van der Waals surface area contributed by atoms with Crippen molar-refractivity contribution in [3.63, 3.8) is 0 Å². The van der Waals surface area contributed by atoms with E-state index in [1.165, 1.54) is 16.2 Å². The SMILES string of the molecule is COc1ccc(C2/C(=C(\O)c3cc(C)ccc3C)C(=O)C(=O)N2c2nnc(C)s2)cc1. The van der Waals surface area contributed by atoms with Crippen molar-refractivity contribution in [1.82, 2.24) is 10.2 Å². The van der Waals surface area contributed by atoms with Crippen molar-refractivity contribution in [1.29, 1.82) is 0 Å². The van der Waals surface area contributed by atoms with Crippen LogP contribution in [-0.4, -0.2) is 34.1 Å². The number of rotatable bonds is 4. The minimum atomic E-state index is -0.835. The number of hydrogen-bond acceptors (Lipinski definition) is 7. The molecule has 2 heterocycles. The Hall–Kier alpha value is -3.52. The van der Waals surface area contributed by atoms with E-state index >= 15 is 0 Å². The zero-order valence-electron chi connectivity index (χ0n) is 17.5. The number of aliphatic hydroxyl groups is 1. The predicted octanol–water partition coefficient (Wildman–Crippen LogP) is 4.10. The van der Waals surface area contributed by atoms with Gasteiger partial charge in [0.25, 0.3) is 5.78 Å². The zero-order valence-corrected chi connectivity index (χ0v) is 18.4. The second-order valence-electron chi connectivity index (χ2n) is 7.36. The molecule has 7 nitrogen and oxygen atoms in total. The van der Waals surface area contributed by atoms with Crippen LogP contribution in [0.1, 0.15) is 33.3 Å². The molecule has 3 aromatic rings. The van der Waals surface area contributed by atoms with Gasteiger partial charge in [-0.1, -0.05) is 41.2 Å². The number of ketones is 1. The molecule has 158 valence electrons. The first kappa shape index (κ1) is 20.7. The zero-order chi connectivity index (χ0) is 22.3. The molecule has 0 radical (unpaired) electrons. The number of anilines is 1. The number of amides is 1. The molecule has 0 spiro atoms. The van der Waals surface area contributed by atoms with Gasteiger partial charge in [0.2, 0.25) is 5.13 Å². The number of aliphatic hydroxyl groups excluding tert-OH is 1. The Morgan fingerprint density at radius 2 is 1.77 bits per heavy atom. The molecule has 1 amide bonds. The summed E-state index contributed by atoms with van der Waals surface area (Å²) >= 11 is 1.21. The normalized spacial score (nSPS) is 17.9. The molecule has 4 rings (SSSR count). The minimum absolute atomic E-state index is 0.0247. The summed E-state index contributed by atoms with van der Waals surface area (Å²) in [5.74, 6) is -1.07. The van der Waals surface area contributed by atoms with Crippen LogP contribution in [0.25, 0.3) is 5.76 Å². The highest BCUT2D eigenvalue weighted by molar-refractivity contribution is 7.15. The number of ether oxygens (including phenoxy) is 1. The Labute approximate surface area is 183 Å². The molecule has 8 heteroatoms. The summed E-state index contributed by atoms with van der Waals surface area (Å²) in [5.41, 5.74) is 2.93. The van der Waals surface area contributed by atoms with Crippen LogP contribution in [-0.2, 0) is 9.59 Å². The summed E-state index contributed by atoms with van der Waals surface area (Å²) < 4.78 is 5.23. The lowest BCUT2D eigenvalue weighted by Gasteiger charge is -2.23. The number of nitrogens with zero attached hydrogens (tertiary/aromatic N) is 3. The van der Waals surface area contributed by atoms with Crippen LogP contribution in [0.4, 0.5) is 5.13 Å². The number of benzene rings is 2. The second kappa shape index (κ2) is 7.96. The topological polar surface area (TPSA) is 92.6 Å². The first-order valence-electron chi connectivity index (χ1n) is 9.64. The molecule has 1 unspecified atom stereocenters. The lowest BCUT2D eigenvalue weighted by Crippen LogP contribution is -2.29. The molecule has 1 aromatic heterocycles. The van der Waals surface area contributed by atoms with Crippen molar-refractivity contribution in [3.8, 4) is 5.75 Å². The van der Waals surface area contributed by atoms with E-state index in [0.717, 1.165) is 11.1 Å². The van der Waals surface area contributed by atoms with Gasteiger partial charge in [0.1, 0.15) is 16.5 Å². The monoisotopic (exact) mass is 435 g/mol. The van der Waals surface area contributed by atoms with Crippen LogP contribution in [0.15, 0.2) is 48.0 Å². The fourth-order valence-corrected chi connectivity index (χ4v) is 4.37. The number of hydrogen-bond donors (Lipinski definition) is 1.